The van der Waals surface area contributed by atoms with Gasteiger partial charge in [-0.25, -0.2) is 10.9 Å². The van der Waals surface area contributed by atoms with E-state index in [-0.39, 0.29) is 23.9 Å². The van der Waals surface area contributed by atoms with Crippen molar-refractivity contribution in [2.24, 2.45) is 0 Å². The topological polar surface area (TPSA) is 64.7 Å². The van der Waals surface area contributed by atoms with Gasteiger partial charge in [-0.2, -0.15) is 0 Å². The van der Waals surface area contributed by atoms with Crippen LogP contribution < -0.4 is 10.9 Å². The first-order chi connectivity index (χ1) is 14.0. The van der Waals surface area contributed by atoms with Crippen molar-refractivity contribution in [3.05, 3.63) is 68.6 Å². The third-order valence-corrected chi connectivity index (χ3v) is 6.68. The van der Waals surface area contributed by atoms with Crippen LogP contribution in [0.15, 0.2) is 57.5 Å². The zero-order valence-corrected chi connectivity index (χ0v) is 18.9. The number of rotatable bonds is 3. The minimum absolute atomic E-state index is 0.000495. The molecule has 0 saturated carbocycles. The Kier molecular flexibility index (Phi) is 6.34. The number of nitrogens with one attached hydrogen (secondary N) is 2. The van der Waals surface area contributed by atoms with Crippen molar-refractivity contribution in [2.45, 2.75) is 18.5 Å². The predicted octanol–water partition coefficient (Wildman–Crippen LogP) is 3.10. The molecule has 2 aromatic carbocycles. The Morgan fingerprint density at radius 2 is 1.52 bits per heavy atom. The Hall–Kier alpha value is -1.74. The number of hydrazine groups is 1. The number of nitrogens with zero attached hydrogens (tertiary/aromatic N) is 2. The Morgan fingerprint density at radius 1 is 0.862 bits per heavy atom. The summed E-state index contributed by atoms with van der Waals surface area (Å²) >= 11 is 6.89. The maximum absolute atomic E-state index is 12.9. The molecule has 2 fully saturated rings. The van der Waals surface area contributed by atoms with Crippen LogP contribution in [0.2, 0.25) is 0 Å². The Bertz CT molecular complexity index is 898. The summed E-state index contributed by atoms with van der Waals surface area (Å²) in [6.45, 7) is 2.19. The molecule has 152 valence electrons. The van der Waals surface area contributed by atoms with E-state index in [9.17, 15) is 9.59 Å². The highest BCUT2D eigenvalue weighted by Crippen LogP contribution is 2.25. The minimum atomic E-state index is -0.255. The number of piperazine rings is 1. The van der Waals surface area contributed by atoms with Crippen LogP contribution in [0.3, 0.4) is 0 Å². The Balaban J connectivity index is 1.32. The highest BCUT2D eigenvalue weighted by atomic mass is 79.9. The monoisotopic (exact) mass is 520 g/mol. The summed E-state index contributed by atoms with van der Waals surface area (Å²) in [5.74, 6) is 0.0886. The molecule has 29 heavy (non-hydrogen) atoms. The first-order valence-corrected chi connectivity index (χ1v) is 11.2. The standard InChI is InChI=1S/C21H22Br2N4O2/c22-15-7-5-14(6-8-15)18-13-19(25-24-18)21(29)27-11-9-26(10-12-27)20(28)16-3-1-2-4-17(16)23/h1-8,18-19,24-25H,9-13H2. The predicted molar refractivity (Wildman–Crippen MR) is 118 cm³/mol. The van der Waals surface area contributed by atoms with Crippen LogP contribution in [0.4, 0.5) is 0 Å². The Labute approximate surface area is 186 Å². The summed E-state index contributed by atoms with van der Waals surface area (Å²) < 4.78 is 1.83. The van der Waals surface area contributed by atoms with E-state index in [1.54, 1.807) is 0 Å². The number of benzene rings is 2. The van der Waals surface area contributed by atoms with Crippen molar-refractivity contribution in [1.82, 2.24) is 20.7 Å². The van der Waals surface area contributed by atoms with Gasteiger partial charge in [-0.05, 0) is 52.2 Å². The second-order valence-corrected chi connectivity index (χ2v) is 9.05. The van der Waals surface area contributed by atoms with E-state index < -0.39 is 0 Å². The lowest BCUT2D eigenvalue weighted by Gasteiger charge is -2.36. The average Bonchev–Trinajstić information content (AvgIpc) is 3.24. The molecule has 0 aromatic heterocycles. The zero-order valence-electron chi connectivity index (χ0n) is 15.8. The molecule has 2 aromatic rings. The van der Waals surface area contributed by atoms with Crippen molar-refractivity contribution < 1.29 is 9.59 Å². The van der Waals surface area contributed by atoms with E-state index in [0.29, 0.717) is 38.2 Å². The molecule has 0 spiro atoms. The van der Waals surface area contributed by atoms with Gasteiger partial charge in [0.2, 0.25) is 5.91 Å². The molecule has 6 nitrogen and oxygen atoms in total. The molecule has 2 saturated heterocycles. The average molecular weight is 522 g/mol. The largest absolute Gasteiger partial charge is 0.338 e. The first-order valence-electron chi connectivity index (χ1n) is 9.62. The number of amides is 2. The second kappa shape index (κ2) is 8.95. The number of halogens is 2. The lowest BCUT2D eigenvalue weighted by atomic mass is 10.0. The summed E-state index contributed by atoms with van der Waals surface area (Å²) in [6.07, 6.45) is 0.705. The van der Waals surface area contributed by atoms with Crippen LogP contribution in [-0.4, -0.2) is 53.8 Å². The molecule has 4 rings (SSSR count). The highest BCUT2D eigenvalue weighted by Gasteiger charge is 2.34. The lowest BCUT2D eigenvalue weighted by Crippen LogP contribution is -2.54. The van der Waals surface area contributed by atoms with Gasteiger partial charge in [0.25, 0.3) is 5.91 Å². The van der Waals surface area contributed by atoms with E-state index >= 15 is 0 Å². The maximum Gasteiger partial charge on any atom is 0.255 e. The normalized spacial score (nSPS) is 22.0. The summed E-state index contributed by atoms with van der Waals surface area (Å²) in [6, 6.07) is 15.4. The minimum Gasteiger partial charge on any atom is -0.338 e. The van der Waals surface area contributed by atoms with Crippen molar-refractivity contribution in [1.29, 1.82) is 0 Å². The van der Waals surface area contributed by atoms with Gasteiger partial charge in [-0.15, -0.1) is 0 Å². The number of carbonyl (C=O) groups excluding carboxylic acids is 2. The second-order valence-electron chi connectivity index (χ2n) is 7.28. The lowest BCUT2D eigenvalue weighted by molar-refractivity contribution is -0.134. The van der Waals surface area contributed by atoms with E-state index in [4.69, 9.17) is 0 Å². The summed E-state index contributed by atoms with van der Waals surface area (Å²) in [7, 11) is 0. The fourth-order valence-electron chi connectivity index (χ4n) is 3.79. The molecule has 2 aliphatic heterocycles. The van der Waals surface area contributed by atoms with E-state index in [0.717, 1.165) is 14.5 Å². The molecule has 2 heterocycles. The molecule has 2 atom stereocenters. The van der Waals surface area contributed by atoms with Crippen LogP contribution in [0.1, 0.15) is 28.4 Å². The van der Waals surface area contributed by atoms with Crippen molar-refractivity contribution in [3.63, 3.8) is 0 Å². The number of hydrogen-bond donors (Lipinski definition) is 2. The molecule has 0 radical (unpaired) electrons. The number of hydrogen-bond acceptors (Lipinski definition) is 4. The molecular formula is C21H22Br2N4O2. The molecule has 2 N–H and O–H groups in total. The molecule has 0 aliphatic carbocycles. The zero-order chi connectivity index (χ0) is 20.4. The van der Waals surface area contributed by atoms with Gasteiger partial charge in [-0.3, -0.25) is 9.59 Å². The van der Waals surface area contributed by atoms with E-state index in [1.807, 2.05) is 46.2 Å². The summed E-state index contributed by atoms with van der Waals surface area (Å²) in [5.41, 5.74) is 8.19. The SMILES string of the molecule is O=C(c1ccccc1Br)N1CCN(C(=O)C2CC(c3ccc(Br)cc3)NN2)CC1. The molecule has 0 bridgehead atoms. The van der Waals surface area contributed by atoms with Crippen LogP contribution in [0, 0.1) is 0 Å². The molecule has 2 unspecified atom stereocenters. The van der Waals surface area contributed by atoms with Gasteiger partial charge in [0.1, 0.15) is 6.04 Å². The molecule has 2 aliphatic rings. The van der Waals surface area contributed by atoms with Crippen molar-refractivity contribution in [3.8, 4) is 0 Å². The molecular weight excluding hydrogens is 500 g/mol. The van der Waals surface area contributed by atoms with Crippen LogP contribution >= 0.6 is 31.9 Å². The highest BCUT2D eigenvalue weighted by molar-refractivity contribution is 9.10. The Morgan fingerprint density at radius 3 is 2.21 bits per heavy atom. The summed E-state index contributed by atoms with van der Waals surface area (Å²) in [5, 5.41) is 0. The van der Waals surface area contributed by atoms with Crippen molar-refractivity contribution in [2.75, 3.05) is 26.2 Å². The third-order valence-electron chi connectivity index (χ3n) is 5.46. The maximum atomic E-state index is 12.9. The van der Waals surface area contributed by atoms with E-state index in [2.05, 4.69) is 54.8 Å². The van der Waals surface area contributed by atoms with Gasteiger partial charge < -0.3 is 9.80 Å². The van der Waals surface area contributed by atoms with Gasteiger partial charge in [0, 0.05) is 41.2 Å². The van der Waals surface area contributed by atoms with Gasteiger partial charge >= 0.3 is 0 Å². The van der Waals surface area contributed by atoms with Gasteiger partial charge in [0.15, 0.2) is 0 Å². The smallest absolute Gasteiger partial charge is 0.255 e. The first kappa shape index (κ1) is 20.5. The van der Waals surface area contributed by atoms with Crippen LogP contribution in [-0.2, 0) is 4.79 Å². The van der Waals surface area contributed by atoms with Crippen LogP contribution in [0.5, 0.6) is 0 Å². The summed E-state index contributed by atoms with van der Waals surface area (Å²) in [4.78, 5) is 29.3. The fraction of sp³-hybridized carbons (Fsp3) is 0.333. The molecule has 8 heteroatoms. The van der Waals surface area contributed by atoms with E-state index in [1.165, 1.54) is 0 Å². The van der Waals surface area contributed by atoms with Crippen LogP contribution in [0.25, 0.3) is 0 Å². The quantitative estimate of drug-likeness (QED) is 0.651. The third kappa shape index (κ3) is 4.55. The fourth-order valence-corrected chi connectivity index (χ4v) is 4.51. The number of carbonyl (C=O) groups is 2. The van der Waals surface area contributed by atoms with Gasteiger partial charge in [0.05, 0.1) is 5.56 Å². The molecule has 2 amide bonds. The van der Waals surface area contributed by atoms with Gasteiger partial charge in [-0.1, -0.05) is 40.2 Å². The van der Waals surface area contributed by atoms with Crippen molar-refractivity contribution >= 4 is 43.7 Å².